The Morgan fingerprint density at radius 3 is 2.83 bits per heavy atom. The monoisotopic (exact) mass is 338 g/mol. The highest BCUT2D eigenvalue weighted by Gasteiger charge is 2.36. The molecular formula is C18H24F2N2O2. The minimum absolute atomic E-state index is 0.0980. The Morgan fingerprint density at radius 1 is 1.29 bits per heavy atom. The Bertz CT molecular complexity index is 596. The van der Waals surface area contributed by atoms with Gasteiger partial charge in [0.2, 0.25) is 5.91 Å². The summed E-state index contributed by atoms with van der Waals surface area (Å²) in [6.45, 7) is 1.55. The van der Waals surface area contributed by atoms with Crippen molar-refractivity contribution in [2.75, 3.05) is 13.1 Å². The summed E-state index contributed by atoms with van der Waals surface area (Å²) in [5.41, 5.74) is 0.359. The summed E-state index contributed by atoms with van der Waals surface area (Å²) in [5, 5.41) is 12.8. The van der Waals surface area contributed by atoms with E-state index in [-0.39, 0.29) is 36.9 Å². The van der Waals surface area contributed by atoms with Gasteiger partial charge in [0.1, 0.15) is 11.6 Å². The summed E-state index contributed by atoms with van der Waals surface area (Å²) in [6, 6.07) is 3.83. The van der Waals surface area contributed by atoms with E-state index in [9.17, 15) is 18.7 Å². The van der Waals surface area contributed by atoms with Gasteiger partial charge in [0.15, 0.2) is 0 Å². The first-order chi connectivity index (χ1) is 11.5. The molecule has 4 nitrogen and oxygen atoms in total. The van der Waals surface area contributed by atoms with Gasteiger partial charge < -0.3 is 10.4 Å². The molecule has 1 aliphatic heterocycles. The number of amides is 1. The molecule has 0 radical (unpaired) electrons. The van der Waals surface area contributed by atoms with Crippen molar-refractivity contribution >= 4 is 5.91 Å². The van der Waals surface area contributed by atoms with Crippen molar-refractivity contribution in [3.8, 4) is 0 Å². The lowest BCUT2D eigenvalue weighted by Crippen LogP contribution is -2.48. The number of benzene rings is 1. The molecule has 0 bridgehead atoms. The van der Waals surface area contributed by atoms with Crippen LogP contribution in [-0.4, -0.2) is 47.2 Å². The molecule has 0 spiro atoms. The Morgan fingerprint density at radius 2 is 2.12 bits per heavy atom. The van der Waals surface area contributed by atoms with Crippen molar-refractivity contribution < 1.29 is 18.7 Å². The third-order valence-electron chi connectivity index (χ3n) is 5.13. The Kier molecular flexibility index (Phi) is 5.46. The van der Waals surface area contributed by atoms with Crippen LogP contribution in [0.2, 0.25) is 0 Å². The maximum absolute atomic E-state index is 13.6. The van der Waals surface area contributed by atoms with Gasteiger partial charge in [0.25, 0.3) is 0 Å². The maximum Gasteiger partial charge on any atom is 0.220 e. The molecular weight excluding hydrogens is 314 g/mol. The summed E-state index contributed by atoms with van der Waals surface area (Å²) in [5.74, 6) is -1.31. The third kappa shape index (κ3) is 4.11. The molecule has 1 aromatic carbocycles. The van der Waals surface area contributed by atoms with Crippen LogP contribution in [0.1, 0.15) is 37.7 Å². The summed E-state index contributed by atoms with van der Waals surface area (Å²) >= 11 is 0. The first-order valence-corrected chi connectivity index (χ1v) is 8.68. The first-order valence-electron chi connectivity index (χ1n) is 8.68. The average molecular weight is 338 g/mol. The second-order valence-corrected chi connectivity index (χ2v) is 6.85. The van der Waals surface area contributed by atoms with E-state index in [2.05, 4.69) is 10.2 Å². The number of nitrogens with zero attached hydrogens (tertiary/aromatic N) is 1. The highest BCUT2D eigenvalue weighted by Crippen LogP contribution is 2.27. The first kappa shape index (κ1) is 17.3. The van der Waals surface area contributed by atoms with E-state index >= 15 is 0 Å². The molecule has 1 unspecified atom stereocenters. The van der Waals surface area contributed by atoms with E-state index in [0.717, 1.165) is 38.3 Å². The zero-order valence-corrected chi connectivity index (χ0v) is 13.7. The Balaban J connectivity index is 1.50. The number of likely N-dealkylation sites (tertiary alicyclic amines) is 1. The Hall–Kier alpha value is -1.53. The lowest BCUT2D eigenvalue weighted by molar-refractivity contribution is -0.122. The zero-order chi connectivity index (χ0) is 17.1. The minimum atomic E-state index is -0.609. The predicted octanol–water partition coefficient (Wildman–Crippen LogP) is 2.00. The lowest BCUT2D eigenvalue weighted by atomic mass is 10.1. The number of hydrogen-bond donors (Lipinski definition) is 2. The van der Waals surface area contributed by atoms with Gasteiger partial charge in [-0.05, 0) is 43.7 Å². The number of aliphatic hydroxyl groups is 1. The van der Waals surface area contributed by atoms with Crippen LogP contribution >= 0.6 is 0 Å². The minimum Gasteiger partial charge on any atom is -0.392 e. The summed E-state index contributed by atoms with van der Waals surface area (Å²) < 4.78 is 26.5. The molecule has 2 aliphatic rings. The molecule has 1 aliphatic carbocycles. The van der Waals surface area contributed by atoms with Crippen LogP contribution in [0.25, 0.3) is 0 Å². The molecule has 132 valence electrons. The molecule has 1 saturated heterocycles. The molecule has 3 atom stereocenters. The van der Waals surface area contributed by atoms with E-state index < -0.39 is 11.6 Å². The zero-order valence-electron chi connectivity index (χ0n) is 13.7. The SMILES string of the molecule is O=C(CCc1ccc(F)cc1F)N[C@@H]1CCC[C@@H]1N1CCC(O)C1. The van der Waals surface area contributed by atoms with Crippen LogP contribution < -0.4 is 5.32 Å². The number of hydrogen-bond acceptors (Lipinski definition) is 3. The van der Waals surface area contributed by atoms with E-state index in [1.54, 1.807) is 0 Å². The van der Waals surface area contributed by atoms with Crippen LogP contribution in [0.5, 0.6) is 0 Å². The molecule has 24 heavy (non-hydrogen) atoms. The fraction of sp³-hybridized carbons (Fsp3) is 0.611. The van der Waals surface area contributed by atoms with E-state index in [4.69, 9.17) is 0 Å². The van der Waals surface area contributed by atoms with Gasteiger partial charge in [-0.15, -0.1) is 0 Å². The smallest absolute Gasteiger partial charge is 0.220 e. The van der Waals surface area contributed by atoms with Crippen molar-refractivity contribution in [3.05, 3.63) is 35.4 Å². The number of carbonyl (C=O) groups is 1. The highest BCUT2D eigenvalue weighted by atomic mass is 19.1. The largest absolute Gasteiger partial charge is 0.392 e. The second-order valence-electron chi connectivity index (χ2n) is 6.85. The van der Waals surface area contributed by atoms with Gasteiger partial charge in [-0.2, -0.15) is 0 Å². The third-order valence-corrected chi connectivity index (χ3v) is 5.13. The quantitative estimate of drug-likeness (QED) is 0.863. The number of rotatable bonds is 5. The van der Waals surface area contributed by atoms with Crippen molar-refractivity contribution in [3.63, 3.8) is 0 Å². The molecule has 2 fully saturated rings. The number of carbonyl (C=O) groups excluding carboxylic acids is 1. The highest BCUT2D eigenvalue weighted by molar-refractivity contribution is 5.76. The van der Waals surface area contributed by atoms with Crippen molar-refractivity contribution in [1.82, 2.24) is 10.2 Å². The van der Waals surface area contributed by atoms with Crippen molar-refractivity contribution in [1.29, 1.82) is 0 Å². The number of aliphatic hydroxyl groups excluding tert-OH is 1. The molecule has 0 aromatic heterocycles. The number of aryl methyl sites for hydroxylation is 1. The van der Waals surface area contributed by atoms with E-state index in [0.29, 0.717) is 12.1 Å². The van der Waals surface area contributed by atoms with E-state index in [1.165, 1.54) is 12.1 Å². The molecule has 6 heteroatoms. The van der Waals surface area contributed by atoms with Crippen LogP contribution in [-0.2, 0) is 11.2 Å². The number of halogens is 2. The van der Waals surface area contributed by atoms with Crippen LogP contribution in [0.4, 0.5) is 8.78 Å². The van der Waals surface area contributed by atoms with Gasteiger partial charge in [-0.25, -0.2) is 8.78 Å². The fourth-order valence-corrected chi connectivity index (χ4v) is 3.87. The molecule has 1 saturated carbocycles. The lowest BCUT2D eigenvalue weighted by Gasteiger charge is -2.29. The van der Waals surface area contributed by atoms with Crippen molar-refractivity contribution in [2.45, 2.75) is 56.7 Å². The summed E-state index contributed by atoms with van der Waals surface area (Å²) in [7, 11) is 0. The summed E-state index contributed by atoms with van der Waals surface area (Å²) in [6.07, 6.45) is 4.02. The molecule has 1 aromatic rings. The molecule has 2 N–H and O–H groups in total. The van der Waals surface area contributed by atoms with Crippen LogP contribution in [0, 0.1) is 11.6 Å². The molecule has 3 rings (SSSR count). The van der Waals surface area contributed by atoms with Crippen molar-refractivity contribution in [2.24, 2.45) is 0 Å². The molecule has 1 heterocycles. The topological polar surface area (TPSA) is 52.6 Å². The van der Waals surface area contributed by atoms with Crippen LogP contribution in [0.15, 0.2) is 18.2 Å². The Labute approximate surface area is 140 Å². The number of β-amino-alcohol motifs (C(OH)–C–C–N with tert-alkyl or cyclic N) is 1. The molecule has 1 amide bonds. The fourth-order valence-electron chi connectivity index (χ4n) is 3.87. The van der Waals surface area contributed by atoms with Gasteiger partial charge in [-0.1, -0.05) is 6.07 Å². The van der Waals surface area contributed by atoms with Gasteiger partial charge in [0, 0.05) is 37.7 Å². The van der Waals surface area contributed by atoms with E-state index in [1.807, 2.05) is 0 Å². The second kappa shape index (κ2) is 7.57. The van der Waals surface area contributed by atoms with Gasteiger partial charge in [0.05, 0.1) is 6.10 Å². The number of nitrogens with one attached hydrogen (secondary N) is 1. The van der Waals surface area contributed by atoms with Gasteiger partial charge in [-0.3, -0.25) is 9.69 Å². The maximum atomic E-state index is 13.6. The van der Waals surface area contributed by atoms with Gasteiger partial charge >= 0.3 is 0 Å². The average Bonchev–Trinajstić information content (AvgIpc) is 3.15. The predicted molar refractivity (Wildman–Crippen MR) is 86.4 cm³/mol. The summed E-state index contributed by atoms with van der Waals surface area (Å²) in [4.78, 5) is 14.5. The normalized spacial score (nSPS) is 27.5. The van der Waals surface area contributed by atoms with Crippen LogP contribution in [0.3, 0.4) is 0 Å². The standard InChI is InChI=1S/C18H24F2N2O2/c19-13-6-4-12(15(20)10-13)5-7-18(24)21-16-2-1-3-17(16)22-9-8-14(23)11-22/h4,6,10,14,16-17,23H,1-3,5,7-9,11H2,(H,21,24)/t14?,16-,17+/m1/s1.